The van der Waals surface area contributed by atoms with Crippen LogP contribution in [0.25, 0.3) is 0 Å². The van der Waals surface area contributed by atoms with E-state index >= 15 is 0 Å². The van der Waals surface area contributed by atoms with Gasteiger partial charge in [0.25, 0.3) is 0 Å². The zero-order valence-electron chi connectivity index (χ0n) is 10.8. The summed E-state index contributed by atoms with van der Waals surface area (Å²) in [6.07, 6.45) is 1.22. The Balaban J connectivity index is 3.80. The zero-order chi connectivity index (χ0) is 11.1. The number of nitrogens with zero attached hydrogens (tertiary/aromatic N) is 1. The summed E-state index contributed by atoms with van der Waals surface area (Å²) in [7, 11) is 2.21. The summed E-state index contributed by atoms with van der Waals surface area (Å²) in [5, 5.41) is 3.48. The third-order valence-electron chi connectivity index (χ3n) is 3.17. The monoisotopic (exact) mass is 200 g/mol. The first-order chi connectivity index (χ1) is 6.50. The number of rotatable bonds is 7. The Morgan fingerprint density at radius 1 is 1.14 bits per heavy atom. The standard InChI is InChI=1S/C12H28N2/c1-7-8-13-9-11(4)12(5)14(6)10(2)3/h10-13H,7-9H2,1-6H3. The summed E-state index contributed by atoms with van der Waals surface area (Å²) in [5.74, 6) is 0.717. The van der Waals surface area contributed by atoms with E-state index in [0.717, 1.165) is 13.1 Å². The minimum absolute atomic E-state index is 0.638. The van der Waals surface area contributed by atoms with Crippen molar-refractivity contribution in [3.8, 4) is 0 Å². The predicted octanol–water partition coefficient (Wildman–Crippen LogP) is 2.35. The Hall–Kier alpha value is -0.0800. The van der Waals surface area contributed by atoms with E-state index in [1.165, 1.54) is 6.42 Å². The molecule has 0 bridgehead atoms. The average molecular weight is 200 g/mol. The molecule has 2 atom stereocenters. The Labute approximate surface area is 90.1 Å². The zero-order valence-corrected chi connectivity index (χ0v) is 10.8. The molecule has 0 saturated carbocycles. The Morgan fingerprint density at radius 3 is 2.14 bits per heavy atom. The molecule has 0 spiro atoms. The maximum absolute atomic E-state index is 3.48. The van der Waals surface area contributed by atoms with Crippen LogP contribution in [0.2, 0.25) is 0 Å². The van der Waals surface area contributed by atoms with E-state index in [2.05, 4.69) is 51.9 Å². The quantitative estimate of drug-likeness (QED) is 0.635. The van der Waals surface area contributed by atoms with Crippen LogP contribution < -0.4 is 5.32 Å². The Kier molecular flexibility index (Phi) is 7.20. The van der Waals surface area contributed by atoms with Gasteiger partial charge in [-0.1, -0.05) is 13.8 Å². The molecule has 1 N–H and O–H groups in total. The largest absolute Gasteiger partial charge is 0.316 e. The van der Waals surface area contributed by atoms with E-state index in [-0.39, 0.29) is 0 Å². The second-order valence-electron chi connectivity index (χ2n) is 4.68. The first-order valence-corrected chi connectivity index (χ1v) is 5.93. The molecule has 0 aliphatic heterocycles. The molecule has 0 amide bonds. The second-order valence-corrected chi connectivity index (χ2v) is 4.68. The molecule has 0 aliphatic carbocycles. The van der Waals surface area contributed by atoms with Crippen LogP contribution in [0.1, 0.15) is 41.0 Å². The molecule has 0 aromatic heterocycles. The van der Waals surface area contributed by atoms with Crippen LogP contribution >= 0.6 is 0 Å². The molecule has 0 heterocycles. The summed E-state index contributed by atoms with van der Waals surface area (Å²) >= 11 is 0. The molecule has 2 heteroatoms. The van der Waals surface area contributed by atoms with E-state index in [9.17, 15) is 0 Å². The molecular weight excluding hydrogens is 172 g/mol. The lowest BCUT2D eigenvalue weighted by Crippen LogP contribution is -2.42. The lowest BCUT2D eigenvalue weighted by atomic mass is 10.0. The van der Waals surface area contributed by atoms with Gasteiger partial charge in [-0.3, -0.25) is 0 Å². The van der Waals surface area contributed by atoms with Crippen molar-refractivity contribution in [3.05, 3.63) is 0 Å². The van der Waals surface area contributed by atoms with Crippen molar-refractivity contribution in [2.45, 2.75) is 53.1 Å². The highest BCUT2D eigenvalue weighted by molar-refractivity contribution is 4.74. The summed E-state index contributed by atoms with van der Waals surface area (Å²) in [4.78, 5) is 2.44. The Bertz CT molecular complexity index is 134. The van der Waals surface area contributed by atoms with Crippen molar-refractivity contribution in [1.82, 2.24) is 10.2 Å². The van der Waals surface area contributed by atoms with Gasteiger partial charge in [0.05, 0.1) is 0 Å². The van der Waals surface area contributed by atoms with Gasteiger partial charge in [0.15, 0.2) is 0 Å². The molecule has 0 fully saturated rings. The predicted molar refractivity (Wildman–Crippen MR) is 64.7 cm³/mol. The molecule has 2 unspecified atom stereocenters. The molecule has 0 aliphatic rings. The minimum atomic E-state index is 0.638. The SMILES string of the molecule is CCCNCC(C)C(C)N(C)C(C)C. The first-order valence-electron chi connectivity index (χ1n) is 5.93. The fourth-order valence-electron chi connectivity index (χ4n) is 1.55. The van der Waals surface area contributed by atoms with Crippen molar-refractivity contribution in [2.75, 3.05) is 20.1 Å². The van der Waals surface area contributed by atoms with Crippen LogP contribution in [0.4, 0.5) is 0 Å². The summed E-state index contributed by atoms with van der Waals surface area (Å²) in [6.45, 7) is 13.6. The van der Waals surface area contributed by atoms with Crippen molar-refractivity contribution in [3.63, 3.8) is 0 Å². The summed E-state index contributed by atoms with van der Waals surface area (Å²) in [6, 6.07) is 1.29. The van der Waals surface area contributed by atoms with E-state index in [1.54, 1.807) is 0 Å². The molecule has 0 aromatic carbocycles. The third-order valence-corrected chi connectivity index (χ3v) is 3.17. The van der Waals surface area contributed by atoms with Gasteiger partial charge in [0.1, 0.15) is 0 Å². The van der Waals surface area contributed by atoms with E-state index < -0.39 is 0 Å². The molecule has 0 rings (SSSR count). The highest BCUT2D eigenvalue weighted by Gasteiger charge is 2.18. The average Bonchev–Trinajstić information content (AvgIpc) is 2.15. The van der Waals surface area contributed by atoms with Gasteiger partial charge in [-0.25, -0.2) is 0 Å². The maximum atomic E-state index is 3.48. The Morgan fingerprint density at radius 2 is 1.71 bits per heavy atom. The van der Waals surface area contributed by atoms with Gasteiger partial charge in [-0.05, 0) is 53.2 Å². The normalized spacial score (nSPS) is 16.3. The minimum Gasteiger partial charge on any atom is -0.316 e. The van der Waals surface area contributed by atoms with Crippen LogP contribution in [0.3, 0.4) is 0 Å². The van der Waals surface area contributed by atoms with Crippen LogP contribution in [-0.2, 0) is 0 Å². The fraction of sp³-hybridized carbons (Fsp3) is 1.00. The van der Waals surface area contributed by atoms with Crippen LogP contribution in [-0.4, -0.2) is 37.1 Å². The summed E-state index contributed by atoms with van der Waals surface area (Å²) < 4.78 is 0. The van der Waals surface area contributed by atoms with E-state index in [4.69, 9.17) is 0 Å². The lowest BCUT2D eigenvalue weighted by Gasteiger charge is -2.33. The third kappa shape index (κ3) is 4.97. The molecule has 14 heavy (non-hydrogen) atoms. The van der Waals surface area contributed by atoms with E-state index in [1.807, 2.05) is 0 Å². The molecule has 0 aromatic rings. The topological polar surface area (TPSA) is 15.3 Å². The van der Waals surface area contributed by atoms with Crippen LogP contribution in [0.5, 0.6) is 0 Å². The van der Waals surface area contributed by atoms with Crippen molar-refractivity contribution in [1.29, 1.82) is 0 Å². The maximum Gasteiger partial charge on any atom is 0.0104 e. The van der Waals surface area contributed by atoms with Gasteiger partial charge in [0.2, 0.25) is 0 Å². The smallest absolute Gasteiger partial charge is 0.0104 e. The lowest BCUT2D eigenvalue weighted by molar-refractivity contribution is 0.159. The number of hydrogen-bond acceptors (Lipinski definition) is 2. The van der Waals surface area contributed by atoms with Gasteiger partial charge < -0.3 is 10.2 Å². The van der Waals surface area contributed by atoms with Gasteiger partial charge >= 0.3 is 0 Å². The molecule has 86 valence electrons. The first kappa shape index (κ1) is 13.9. The highest BCUT2D eigenvalue weighted by Crippen LogP contribution is 2.10. The van der Waals surface area contributed by atoms with Gasteiger partial charge in [-0.15, -0.1) is 0 Å². The van der Waals surface area contributed by atoms with Gasteiger partial charge in [-0.2, -0.15) is 0 Å². The highest BCUT2D eigenvalue weighted by atomic mass is 15.2. The van der Waals surface area contributed by atoms with Crippen molar-refractivity contribution in [2.24, 2.45) is 5.92 Å². The fourth-order valence-corrected chi connectivity index (χ4v) is 1.55. The van der Waals surface area contributed by atoms with Gasteiger partial charge in [0, 0.05) is 12.1 Å². The van der Waals surface area contributed by atoms with E-state index in [0.29, 0.717) is 18.0 Å². The van der Waals surface area contributed by atoms with Crippen LogP contribution in [0.15, 0.2) is 0 Å². The molecule has 2 nitrogen and oxygen atoms in total. The number of hydrogen-bond donors (Lipinski definition) is 1. The van der Waals surface area contributed by atoms with Crippen molar-refractivity contribution >= 4 is 0 Å². The summed E-state index contributed by atoms with van der Waals surface area (Å²) in [5.41, 5.74) is 0. The molecule has 0 radical (unpaired) electrons. The molecular formula is C12H28N2. The second kappa shape index (κ2) is 7.24. The van der Waals surface area contributed by atoms with Crippen LogP contribution in [0, 0.1) is 5.92 Å². The number of nitrogens with one attached hydrogen (secondary N) is 1. The molecule has 0 saturated heterocycles. The van der Waals surface area contributed by atoms with Crippen molar-refractivity contribution < 1.29 is 0 Å².